The maximum Gasteiger partial charge on any atom is 0.264 e. The van der Waals surface area contributed by atoms with E-state index in [1.54, 1.807) is 18.2 Å². The second kappa shape index (κ2) is 6.19. The van der Waals surface area contributed by atoms with E-state index in [1.165, 1.54) is 4.31 Å². The van der Waals surface area contributed by atoms with Gasteiger partial charge in [-0.1, -0.05) is 18.2 Å². The zero-order valence-electron chi connectivity index (χ0n) is 13.9. The maximum atomic E-state index is 13.2. The van der Waals surface area contributed by atoms with Crippen molar-refractivity contribution in [2.75, 3.05) is 16.2 Å². The van der Waals surface area contributed by atoms with Gasteiger partial charge in [0.05, 0.1) is 10.6 Å². The number of sulfonamides is 1. The number of amides is 1. The van der Waals surface area contributed by atoms with E-state index in [2.05, 4.69) is 5.32 Å². The number of carbonyl (C=O) groups is 1. The summed E-state index contributed by atoms with van der Waals surface area (Å²) >= 11 is 0. The molecule has 0 atom stereocenters. The SMILES string of the molecule is O=C1CCCc2cc(S(=O)(=O)N3CCCc4ccccc43)ccc2N1. The van der Waals surface area contributed by atoms with Crippen LogP contribution >= 0.6 is 0 Å². The van der Waals surface area contributed by atoms with Crippen LogP contribution in [0.2, 0.25) is 0 Å². The fourth-order valence-corrected chi connectivity index (χ4v) is 5.18. The first-order chi connectivity index (χ1) is 12.1. The second-order valence-corrected chi connectivity index (χ2v) is 8.39. The molecular weight excluding hydrogens is 336 g/mol. The van der Waals surface area contributed by atoms with Crippen molar-refractivity contribution in [3.05, 3.63) is 53.6 Å². The van der Waals surface area contributed by atoms with E-state index in [0.717, 1.165) is 41.8 Å². The third kappa shape index (κ3) is 2.91. The van der Waals surface area contributed by atoms with Gasteiger partial charge in [0, 0.05) is 18.7 Å². The highest BCUT2D eigenvalue weighted by Gasteiger charge is 2.29. The zero-order chi connectivity index (χ0) is 17.4. The van der Waals surface area contributed by atoms with Gasteiger partial charge in [-0.25, -0.2) is 8.42 Å². The largest absolute Gasteiger partial charge is 0.326 e. The van der Waals surface area contributed by atoms with E-state index < -0.39 is 10.0 Å². The minimum absolute atomic E-state index is 0.0145. The van der Waals surface area contributed by atoms with Crippen molar-refractivity contribution in [1.82, 2.24) is 0 Å². The number of carbonyl (C=O) groups excluding carboxylic acids is 1. The highest BCUT2D eigenvalue weighted by atomic mass is 32.2. The van der Waals surface area contributed by atoms with Gasteiger partial charge in [0.1, 0.15) is 0 Å². The summed E-state index contributed by atoms with van der Waals surface area (Å²) in [6.45, 7) is 0.493. The minimum Gasteiger partial charge on any atom is -0.326 e. The summed E-state index contributed by atoms with van der Waals surface area (Å²) in [4.78, 5) is 12.0. The molecule has 5 nitrogen and oxygen atoms in total. The van der Waals surface area contributed by atoms with Gasteiger partial charge in [-0.05, 0) is 61.1 Å². The predicted octanol–water partition coefficient (Wildman–Crippen LogP) is 3.10. The third-order valence-electron chi connectivity index (χ3n) is 4.86. The van der Waals surface area contributed by atoms with Crippen LogP contribution in [0.25, 0.3) is 0 Å². The number of para-hydroxylation sites is 1. The van der Waals surface area contributed by atoms with Crippen molar-refractivity contribution in [2.24, 2.45) is 0 Å². The summed E-state index contributed by atoms with van der Waals surface area (Å²) in [5.41, 5.74) is 3.45. The van der Waals surface area contributed by atoms with Gasteiger partial charge >= 0.3 is 0 Å². The molecule has 4 rings (SSSR count). The average Bonchev–Trinajstić information content (AvgIpc) is 2.81. The summed E-state index contributed by atoms with van der Waals surface area (Å²) in [7, 11) is -3.61. The molecule has 0 radical (unpaired) electrons. The van der Waals surface area contributed by atoms with Gasteiger partial charge in [-0.3, -0.25) is 9.10 Å². The molecule has 0 aliphatic carbocycles. The molecule has 2 aliphatic rings. The molecule has 0 fully saturated rings. The topological polar surface area (TPSA) is 66.5 Å². The van der Waals surface area contributed by atoms with Crippen LogP contribution in [-0.2, 0) is 27.7 Å². The lowest BCUT2D eigenvalue weighted by molar-refractivity contribution is -0.116. The number of aryl methyl sites for hydroxylation is 2. The van der Waals surface area contributed by atoms with Crippen LogP contribution in [-0.4, -0.2) is 20.9 Å². The van der Waals surface area contributed by atoms with Crippen molar-refractivity contribution in [1.29, 1.82) is 0 Å². The maximum absolute atomic E-state index is 13.2. The van der Waals surface area contributed by atoms with Crippen LogP contribution in [0.15, 0.2) is 47.4 Å². The van der Waals surface area contributed by atoms with Crippen LogP contribution in [0.4, 0.5) is 11.4 Å². The minimum atomic E-state index is -3.61. The van der Waals surface area contributed by atoms with E-state index in [1.807, 2.05) is 24.3 Å². The monoisotopic (exact) mass is 356 g/mol. The molecule has 0 aromatic heterocycles. The second-order valence-electron chi connectivity index (χ2n) is 6.53. The third-order valence-corrected chi connectivity index (χ3v) is 6.67. The number of anilines is 2. The summed E-state index contributed by atoms with van der Waals surface area (Å²) < 4.78 is 28.0. The number of nitrogens with one attached hydrogen (secondary N) is 1. The molecule has 0 unspecified atom stereocenters. The summed E-state index contributed by atoms with van der Waals surface area (Å²) in [6.07, 6.45) is 3.62. The first kappa shape index (κ1) is 16.1. The van der Waals surface area contributed by atoms with Crippen LogP contribution in [0.5, 0.6) is 0 Å². The fraction of sp³-hybridized carbons (Fsp3) is 0.316. The quantitative estimate of drug-likeness (QED) is 0.899. The first-order valence-corrected chi connectivity index (χ1v) is 10.0. The molecule has 0 saturated heterocycles. The van der Waals surface area contributed by atoms with Gasteiger partial charge in [0.25, 0.3) is 10.0 Å². The molecule has 2 aliphatic heterocycles. The van der Waals surface area contributed by atoms with E-state index in [-0.39, 0.29) is 5.91 Å². The molecular formula is C19H20N2O3S. The van der Waals surface area contributed by atoms with Crippen molar-refractivity contribution < 1.29 is 13.2 Å². The smallest absolute Gasteiger partial charge is 0.264 e. The van der Waals surface area contributed by atoms with E-state index in [9.17, 15) is 13.2 Å². The van der Waals surface area contributed by atoms with E-state index in [0.29, 0.717) is 24.3 Å². The highest BCUT2D eigenvalue weighted by molar-refractivity contribution is 7.92. The van der Waals surface area contributed by atoms with Crippen LogP contribution in [0.1, 0.15) is 30.4 Å². The van der Waals surface area contributed by atoms with Gasteiger partial charge in [0.15, 0.2) is 0 Å². The Bertz CT molecular complexity index is 937. The Labute approximate surface area is 147 Å². The number of fused-ring (bicyclic) bond motifs is 2. The lowest BCUT2D eigenvalue weighted by atomic mass is 10.0. The summed E-state index contributed by atoms with van der Waals surface area (Å²) in [5.74, 6) is -0.0145. The number of rotatable bonds is 2. The predicted molar refractivity (Wildman–Crippen MR) is 97.3 cm³/mol. The molecule has 1 N–H and O–H groups in total. The number of hydrogen-bond donors (Lipinski definition) is 1. The molecule has 6 heteroatoms. The molecule has 25 heavy (non-hydrogen) atoms. The van der Waals surface area contributed by atoms with Crippen molar-refractivity contribution in [3.8, 4) is 0 Å². The van der Waals surface area contributed by atoms with Crippen molar-refractivity contribution >= 4 is 27.3 Å². The molecule has 130 valence electrons. The standard InChI is InChI=1S/C19H20N2O3S/c22-19-9-3-6-15-13-16(10-11-17(15)20-19)25(23,24)21-12-4-7-14-5-1-2-8-18(14)21/h1-2,5,8,10-11,13H,3-4,6-7,9,12H2,(H,20,22). The zero-order valence-corrected chi connectivity index (χ0v) is 14.7. The Kier molecular flexibility index (Phi) is 4.00. The lowest BCUT2D eigenvalue weighted by Gasteiger charge is -2.30. The van der Waals surface area contributed by atoms with Gasteiger partial charge in [-0.15, -0.1) is 0 Å². The summed E-state index contributed by atoms with van der Waals surface area (Å²) in [6, 6.07) is 12.7. The lowest BCUT2D eigenvalue weighted by Crippen LogP contribution is -2.35. The number of nitrogens with zero attached hydrogens (tertiary/aromatic N) is 1. The molecule has 2 aromatic rings. The van der Waals surface area contributed by atoms with Crippen LogP contribution in [0.3, 0.4) is 0 Å². The molecule has 0 bridgehead atoms. The Morgan fingerprint density at radius 1 is 0.920 bits per heavy atom. The van der Waals surface area contributed by atoms with E-state index in [4.69, 9.17) is 0 Å². The Hall–Kier alpha value is -2.34. The fourth-order valence-electron chi connectivity index (χ4n) is 3.59. The molecule has 2 heterocycles. The van der Waals surface area contributed by atoms with Crippen molar-refractivity contribution in [2.45, 2.75) is 37.0 Å². The molecule has 1 amide bonds. The normalized spacial score (nSPS) is 17.3. The van der Waals surface area contributed by atoms with E-state index >= 15 is 0 Å². The summed E-state index contributed by atoms with van der Waals surface area (Å²) in [5, 5.41) is 2.85. The van der Waals surface area contributed by atoms with Gasteiger partial charge < -0.3 is 5.32 Å². The molecule has 2 aromatic carbocycles. The van der Waals surface area contributed by atoms with Crippen LogP contribution < -0.4 is 9.62 Å². The molecule has 0 saturated carbocycles. The Morgan fingerprint density at radius 3 is 2.60 bits per heavy atom. The van der Waals surface area contributed by atoms with Crippen molar-refractivity contribution in [3.63, 3.8) is 0 Å². The first-order valence-electron chi connectivity index (χ1n) is 8.59. The number of benzene rings is 2. The molecule has 0 spiro atoms. The average molecular weight is 356 g/mol. The highest BCUT2D eigenvalue weighted by Crippen LogP contribution is 2.33. The van der Waals surface area contributed by atoms with Crippen LogP contribution in [0, 0.1) is 0 Å². The Morgan fingerprint density at radius 2 is 1.72 bits per heavy atom. The number of hydrogen-bond acceptors (Lipinski definition) is 3. The van der Waals surface area contributed by atoms with Gasteiger partial charge in [0.2, 0.25) is 5.91 Å². The Balaban J connectivity index is 1.75. The van der Waals surface area contributed by atoms with Gasteiger partial charge in [-0.2, -0.15) is 0 Å².